The molecule has 9 aromatic heterocycles. The van der Waals surface area contributed by atoms with E-state index in [1.165, 1.54) is 16.7 Å². The molecule has 71 heavy (non-hydrogen) atoms. The quantitative estimate of drug-likeness (QED) is 0.121. The fraction of sp³-hybridized carbons (Fsp3) is 0.127. The first kappa shape index (κ1) is 46.5. The number of hydrogen-bond donors (Lipinski definition) is 3. The second kappa shape index (κ2) is 20.4. The van der Waals surface area contributed by atoms with Gasteiger partial charge in [-0.1, -0.05) is 47.5 Å². The van der Waals surface area contributed by atoms with Crippen LogP contribution in [0.5, 0.6) is 5.75 Å². The van der Waals surface area contributed by atoms with Gasteiger partial charge in [-0.05, 0) is 132 Å². The summed E-state index contributed by atoms with van der Waals surface area (Å²) in [7, 11) is 1.66. The molecular weight excluding hydrogens is 941 g/mol. The van der Waals surface area contributed by atoms with Gasteiger partial charge in [0.25, 0.3) is 0 Å². The zero-order chi connectivity index (χ0) is 49.0. The molecular formula is C55H50N12OS3. The van der Waals surface area contributed by atoms with E-state index in [0.29, 0.717) is 0 Å². The molecule has 3 aromatic carbocycles. The number of anilines is 6. The van der Waals surface area contributed by atoms with Crippen molar-refractivity contribution < 1.29 is 4.74 Å². The normalized spacial score (nSPS) is 11.0. The van der Waals surface area contributed by atoms with Crippen molar-refractivity contribution in [3.63, 3.8) is 0 Å². The van der Waals surface area contributed by atoms with E-state index in [-0.39, 0.29) is 0 Å². The minimum Gasteiger partial charge on any atom is -0.497 e. The van der Waals surface area contributed by atoms with Gasteiger partial charge in [-0.2, -0.15) is 0 Å². The highest BCUT2D eigenvalue weighted by molar-refractivity contribution is 7.14. The Kier molecular flexibility index (Phi) is 13.4. The third-order valence-corrected chi connectivity index (χ3v) is 13.8. The number of pyridine rings is 3. The summed E-state index contributed by atoms with van der Waals surface area (Å²) in [6, 6.07) is 40.6. The average molecular weight is 991 g/mol. The summed E-state index contributed by atoms with van der Waals surface area (Å²) in [4.78, 5) is 28.1. The number of ether oxygens (including phenoxy) is 1. The average Bonchev–Trinajstić information content (AvgIpc) is 4.25. The highest BCUT2D eigenvalue weighted by Crippen LogP contribution is 2.33. The first-order valence-electron chi connectivity index (χ1n) is 22.8. The van der Waals surface area contributed by atoms with Crippen LogP contribution in [0.15, 0.2) is 156 Å². The van der Waals surface area contributed by atoms with Gasteiger partial charge in [0.1, 0.15) is 39.8 Å². The van der Waals surface area contributed by atoms with Crippen molar-refractivity contribution in [3.8, 4) is 39.9 Å². The van der Waals surface area contributed by atoms with Gasteiger partial charge in [0.2, 0.25) is 0 Å². The van der Waals surface area contributed by atoms with Crippen molar-refractivity contribution in [3.05, 3.63) is 190 Å². The summed E-state index contributed by atoms with van der Waals surface area (Å²) in [5.41, 5.74) is 18.5. The predicted octanol–water partition coefficient (Wildman–Crippen LogP) is 14.5. The Morgan fingerprint density at radius 3 is 1.18 bits per heavy atom. The predicted molar refractivity (Wildman–Crippen MR) is 293 cm³/mol. The lowest BCUT2D eigenvalue weighted by atomic mass is 10.2. The van der Waals surface area contributed by atoms with Gasteiger partial charge < -0.3 is 20.7 Å². The molecule has 0 atom stereocenters. The van der Waals surface area contributed by atoms with E-state index in [4.69, 9.17) is 19.7 Å². The van der Waals surface area contributed by atoms with Crippen LogP contribution in [0.4, 0.5) is 32.5 Å². The van der Waals surface area contributed by atoms with Crippen LogP contribution >= 0.6 is 34.0 Å². The Labute approximate surface area is 423 Å². The van der Waals surface area contributed by atoms with Crippen molar-refractivity contribution >= 4 is 83.4 Å². The van der Waals surface area contributed by atoms with E-state index in [9.17, 15) is 0 Å². The van der Waals surface area contributed by atoms with Crippen LogP contribution in [-0.4, -0.2) is 50.2 Å². The topological polar surface area (TPSA) is 136 Å². The van der Waals surface area contributed by atoms with Crippen molar-refractivity contribution in [1.29, 1.82) is 0 Å². The molecule has 0 amide bonds. The van der Waals surface area contributed by atoms with E-state index in [2.05, 4.69) is 148 Å². The van der Waals surface area contributed by atoms with Gasteiger partial charge in [0.05, 0.1) is 41.3 Å². The van der Waals surface area contributed by atoms with E-state index in [1.54, 1.807) is 41.1 Å². The third kappa shape index (κ3) is 10.4. The molecule has 0 spiro atoms. The lowest BCUT2D eigenvalue weighted by Gasteiger charge is -2.04. The van der Waals surface area contributed by atoms with Crippen LogP contribution in [0.1, 0.15) is 33.8 Å². The third-order valence-electron chi connectivity index (χ3n) is 11.6. The highest BCUT2D eigenvalue weighted by atomic mass is 32.1. The number of rotatable bonds is 10. The molecule has 0 saturated heterocycles. The molecule has 0 radical (unpaired) electrons. The first-order valence-corrected chi connectivity index (χ1v) is 25.5. The Hall–Kier alpha value is -8.18. The molecule has 0 saturated carbocycles. The summed E-state index contributed by atoms with van der Waals surface area (Å²) >= 11 is 4.78. The molecule has 12 aromatic rings. The molecule has 0 aliphatic carbocycles. The maximum atomic E-state index is 5.18. The number of nitrogens with zero attached hydrogens (tertiary/aromatic N) is 9. The Morgan fingerprint density at radius 1 is 0.394 bits per heavy atom. The van der Waals surface area contributed by atoms with Gasteiger partial charge >= 0.3 is 0 Å². The van der Waals surface area contributed by atoms with Crippen molar-refractivity contribution in [2.45, 2.75) is 41.5 Å². The lowest BCUT2D eigenvalue weighted by molar-refractivity contribution is 0.415. The van der Waals surface area contributed by atoms with Gasteiger partial charge in [0.15, 0.2) is 15.4 Å². The maximum absolute atomic E-state index is 5.18. The number of thiazole rings is 3. The van der Waals surface area contributed by atoms with Crippen molar-refractivity contribution in [1.82, 2.24) is 43.1 Å². The number of benzene rings is 3. The number of hydrogen-bond acceptors (Lipinski definition) is 13. The van der Waals surface area contributed by atoms with E-state index < -0.39 is 0 Å². The minimum absolute atomic E-state index is 0.835. The molecule has 13 nitrogen and oxygen atoms in total. The second-order valence-electron chi connectivity index (χ2n) is 16.9. The zero-order valence-electron chi connectivity index (χ0n) is 40.2. The van der Waals surface area contributed by atoms with E-state index >= 15 is 0 Å². The molecule has 0 unspecified atom stereocenters. The number of aryl methyl sites for hydroxylation is 6. The number of methoxy groups -OCH3 is 1. The van der Waals surface area contributed by atoms with Gasteiger partial charge in [-0.15, -0.1) is 34.0 Å². The van der Waals surface area contributed by atoms with Crippen LogP contribution in [0, 0.1) is 41.5 Å². The molecule has 3 N–H and O–H groups in total. The van der Waals surface area contributed by atoms with Crippen molar-refractivity contribution in [2.24, 2.45) is 0 Å². The Bertz CT molecular complexity index is 3750. The van der Waals surface area contributed by atoms with Crippen molar-refractivity contribution in [2.75, 3.05) is 23.1 Å². The standard InChI is InChI=1S/C19H18N4S.C18H16N4OS.C18H16N4S/c1-12-4-6-15(7-5-12)21-19-22-16(11-24-19)18-14(3)20-17-10-13(2)8-9-23(17)18;1-12-17(22-10-4-3-5-16(22)19-12)15-11-24-18(21-15)20-13-6-8-14(23-2)9-7-13;1-12-6-8-14(9-7-12)20-18-21-15(11-23-18)17-13(2)19-16-5-3-4-10-22(16)17/h4-11H,1-3H3,(H,21,22);3-11H,1-2H3,(H,20,21);3-11H,1-2H3,(H,20,21). The fourth-order valence-corrected chi connectivity index (χ4v) is 10.2. The van der Waals surface area contributed by atoms with Crippen LogP contribution in [0.3, 0.4) is 0 Å². The zero-order valence-corrected chi connectivity index (χ0v) is 42.6. The highest BCUT2D eigenvalue weighted by Gasteiger charge is 2.17. The molecule has 0 bridgehead atoms. The molecule has 0 fully saturated rings. The maximum Gasteiger partial charge on any atom is 0.187 e. The summed E-state index contributed by atoms with van der Waals surface area (Å²) in [6.45, 7) is 12.3. The summed E-state index contributed by atoms with van der Waals surface area (Å²) < 4.78 is 11.4. The number of fused-ring (bicyclic) bond motifs is 3. The van der Waals surface area contributed by atoms with E-state index in [0.717, 1.165) is 106 Å². The second-order valence-corrected chi connectivity index (χ2v) is 19.5. The number of aromatic nitrogens is 9. The van der Waals surface area contributed by atoms with Gasteiger partial charge in [-0.25, -0.2) is 29.9 Å². The number of nitrogens with one attached hydrogen (secondary N) is 3. The number of imidazole rings is 3. The molecule has 0 aliphatic rings. The molecule has 0 aliphatic heterocycles. The van der Waals surface area contributed by atoms with Crippen LogP contribution in [0.25, 0.3) is 51.1 Å². The minimum atomic E-state index is 0.835. The monoisotopic (exact) mass is 990 g/mol. The van der Waals surface area contributed by atoms with Gasteiger partial charge in [-0.3, -0.25) is 13.2 Å². The molecule has 12 rings (SSSR count). The molecule has 9 heterocycles. The Morgan fingerprint density at radius 2 is 0.775 bits per heavy atom. The lowest BCUT2D eigenvalue weighted by Crippen LogP contribution is -1.92. The molecule has 354 valence electrons. The van der Waals surface area contributed by atoms with Crippen LogP contribution < -0.4 is 20.7 Å². The van der Waals surface area contributed by atoms with Crippen LogP contribution in [0.2, 0.25) is 0 Å². The fourth-order valence-electron chi connectivity index (χ4n) is 8.06. The largest absolute Gasteiger partial charge is 0.497 e. The van der Waals surface area contributed by atoms with Gasteiger partial charge in [0, 0.05) is 51.8 Å². The molecule has 16 heteroatoms. The summed E-state index contributed by atoms with van der Waals surface area (Å²) in [5.74, 6) is 0.835. The smallest absolute Gasteiger partial charge is 0.187 e. The summed E-state index contributed by atoms with van der Waals surface area (Å²) in [5, 5.41) is 18.9. The Balaban J connectivity index is 0.000000123. The van der Waals surface area contributed by atoms with E-state index in [1.807, 2.05) is 93.8 Å². The van der Waals surface area contributed by atoms with Crippen LogP contribution in [-0.2, 0) is 0 Å². The SMILES string of the molecule is COc1ccc(Nc2nc(-c3c(C)nc4ccccn34)cs2)cc1.Cc1ccc(Nc2nc(-c3c(C)nc4cc(C)ccn34)cs2)cc1.Cc1ccc(Nc2nc(-c3c(C)nc4ccccn34)cs2)cc1. The first-order chi connectivity index (χ1) is 34.5. The summed E-state index contributed by atoms with van der Waals surface area (Å²) in [6.07, 6.45) is 6.10.